The van der Waals surface area contributed by atoms with E-state index in [-0.39, 0.29) is 0 Å². The highest BCUT2D eigenvalue weighted by Gasteiger charge is 2.18. The molecule has 0 amide bonds. The van der Waals surface area contributed by atoms with Gasteiger partial charge in [-0.1, -0.05) is 0 Å². The Labute approximate surface area is 81.3 Å². The van der Waals surface area contributed by atoms with Crippen LogP contribution in [0.2, 0.25) is 0 Å². The van der Waals surface area contributed by atoms with E-state index in [1.54, 1.807) is 11.8 Å². The van der Waals surface area contributed by atoms with Gasteiger partial charge in [0.15, 0.2) is 0 Å². The fourth-order valence-electron chi connectivity index (χ4n) is 1.37. The van der Waals surface area contributed by atoms with Crippen LogP contribution < -0.4 is 11.1 Å². The lowest BCUT2D eigenvalue weighted by atomic mass is 10.3. The van der Waals surface area contributed by atoms with Crippen molar-refractivity contribution >= 4 is 23.5 Å². The van der Waals surface area contributed by atoms with Crippen LogP contribution in [0.5, 0.6) is 0 Å². The molecule has 0 saturated carbocycles. The minimum absolute atomic E-state index is 0.372. The molecule has 5 heteroatoms. The second-order valence-corrected chi connectivity index (χ2v) is 3.94. The number of hydrogen-bond acceptors (Lipinski definition) is 5. The maximum absolute atomic E-state index is 5.59. The Hall–Kier alpha value is -0.970. The van der Waals surface area contributed by atoms with Gasteiger partial charge < -0.3 is 11.1 Å². The van der Waals surface area contributed by atoms with Crippen LogP contribution in [0.1, 0.15) is 12.6 Å². The van der Waals surface area contributed by atoms with E-state index in [4.69, 9.17) is 5.73 Å². The van der Waals surface area contributed by atoms with E-state index < -0.39 is 0 Å². The average Bonchev–Trinajstić information content (AvgIpc) is 2.52. The molecular formula is C8H12N4S. The summed E-state index contributed by atoms with van der Waals surface area (Å²) in [5, 5.41) is 3.20. The van der Waals surface area contributed by atoms with Crippen LogP contribution in [0.3, 0.4) is 0 Å². The van der Waals surface area contributed by atoms with Crippen molar-refractivity contribution in [2.24, 2.45) is 0 Å². The van der Waals surface area contributed by atoms with E-state index >= 15 is 0 Å². The molecule has 0 aromatic carbocycles. The SMILES string of the molecule is CCNc1nc(N)nc2c1SCC2. The summed E-state index contributed by atoms with van der Waals surface area (Å²) in [5.41, 5.74) is 6.68. The number of aryl methyl sites for hydroxylation is 1. The lowest BCUT2D eigenvalue weighted by Crippen LogP contribution is -2.06. The van der Waals surface area contributed by atoms with Crippen molar-refractivity contribution < 1.29 is 0 Å². The fraction of sp³-hybridized carbons (Fsp3) is 0.500. The van der Waals surface area contributed by atoms with Crippen molar-refractivity contribution in [2.75, 3.05) is 23.3 Å². The van der Waals surface area contributed by atoms with E-state index in [1.807, 2.05) is 6.92 Å². The Bertz CT molecular complexity index is 326. The van der Waals surface area contributed by atoms with Crippen LogP contribution in [0, 0.1) is 0 Å². The lowest BCUT2D eigenvalue weighted by Gasteiger charge is -2.07. The summed E-state index contributed by atoms with van der Waals surface area (Å²) in [5.74, 6) is 2.36. The van der Waals surface area contributed by atoms with E-state index in [9.17, 15) is 0 Å². The molecule has 3 N–H and O–H groups in total. The molecule has 0 spiro atoms. The maximum atomic E-state index is 5.59. The van der Waals surface area contributed by atoms with Crippen molar-refractivity contribution in [1.29, 1.82) is 0 Å². The zero-order chi connectivity index (χ0) is 9.26. The first kappa shape index (κ1) is 8.62. The highest BCUT2D eigenvalue weighted by molar-refractivity contribution is 7.99. The number of nitrogen functional groups attached to an aromatic ring is 1. The molecule has 0 unspecified atom stereocenters. The molecular weight excluding hydrogens is 184 g/mol. The first-order chi connectivity index (χ1) is 6.31. The summed E-state index contributed by atoms with van der Waals surface area (Å²) in [4.78, 5) is 9.55. The van der Waals surface area contributed by atoms with Gasteiger partial charge in [-0.05, 0) is 6.92 Å². The quantitative estimate of drug-likeness (QED) is 0.742. The Morgan fingerprint density at radius 2 is 2.38 bits per heavy atom. The molecule has 1 aliphatic rings. The van der Waals surface area contributed by atoms with Gasteiger partial charge in [-0.15, -0.1) is 11.8 Å². The van der Waals surface area contributed by atoms with E-state index in [1.165, 1.54) is 4.90 Å². The predicted octanol–water partition coefficient (Wildman–Crippen LogP) is 1.14. The molecule has 70 valence electrons. The molecule has 4 nitrogen and oxygen atoms in total. The minimum Gasteiger partial charge on any atom is -0.369 e. The van der Waals surface area contributed by atoms with Crippen LogP contribution in [0.15, 0.2) is 4.90 Å². The van der Waals surface area contributed by atoms with Crippen LogP contribution >= 0.6 is 11.8 Å². The highest BCUT2D eigenvalue weighted by atomic mass is 32.2. The van der Waals surface area contributed by atoms with Crippen molar-refractivity contribution in [1.82, 2.24) is 9.97 Å². The van der Waals surface area contributed by atoms with Gasteiger partial charge in [0.25, 0.3) is 0 Å². The standard InChI is InChI=1S/C8H12N4S/c1-2-10-7-6-5(3-4-13-6)11-8(9)12-7/h2-4H2,1H3,(H3,9,10,11,12). The Morgan fingerprint density at radius 1 is 1.54 bits per heavy atom. The summed E-state index contributed by atoms with van der Waals surface area (Å²) in [6.45, 7) is 2.91. The van der Waals surface area contributed by atoms with Crippen molar-refractivity contribution in [3.8, 4) is 0 Å². The molecule has 1 aromatic rings. The number of rotatable bonds is 2. The van der Waals surface area contributed by atoms with Crippen molar-refractivity contribution in [3.05, 3.63) is 5.69 Å². The molecule has 13 heavy (non-hydrogen) atoms. The lowest BCUT2D eigenvalue weighted by molar-refractivity contribution is 0.978. The largest absolute Gasteiger partial charge is 0.369 e. The van der Waals surface area contributed by atoms with Gasteiger partial charge in [-0.3, -0.25) is 0 Å². The number of nitrogens with one attached hydrogen (secondary N) is 1. The van der Waals surface area contributed by atoms with Gasteiger partial charge in [0.05, 0.1) is 10.6 Å². The molecule has 0 bridgehead atoms. The summed E-state index contributed by atoms with van der Waals surface area (Å²) < 4.78 is 0. The minimum atomic E-state index is 0.372. The second kappa shape index (κ2) is 3.41. The Balaban J connectivity index is 2.43. The number of fused-ring (bicyclic) bond motifs is 1. The topological polar surface area (TPSA) is 63.8 Å². The first-order valence-electron chi connectivity index (χ1n) is 4.34. The number of nitrogens with two attached hydrogens (primary N) is 1. The van der Waals surface area contributed by atoms with Gasteiger partial charge in [0, 0.05) is 18.7 Å². The zero-order valence-electron chi connectivity index (χ0n) is 7.50. The molecule has 0 saturated heterocycles. The average molecular weight is 196 g/mol. The molecule has 0 radical (unpaired) electrons. The number of anilines is 2. The third-order valence-electron chi connectivity index (χ3n) is 1.88. The molecule has 1 aliphatic heterocycles. The molecule has 0 aliphatic carbocycles. The van der Waals surface area contributed by atoms with Crippen molar-refractivity contribution in [3.63, 3.8) is 0 Å². The summed E-state index contributed by atoms with van der Waals surface area (Å²) >= 11 is 1.80. The number of thioether (sulfide) groups is 1. The van der Waals surface area contributed by atoms with Crippen LogP contribution in [0.25, 0.3) is 0 Å². The molecule has 0 atom stereocenters. The summed E-state index contributed by atoms with van der Waals surface area (Å²) in [7, 11) is 0. The van der Waals surface area contributed by atoms with E-state index in [0.29, 0.717) is 5.95 Å². The third kappa shape index (κ3) is 1.56. The maximum Gasteiger partial charge on any atom is 0.222 e. The second-order valence-electron chi connectivity index (χ2n) is 2.84. The smallest absolute Gasteiger partial charge is 0.222 e. The van der Waals surface area contributed by atoms with Crippen LogP contribution in [-0.2, 0) is 6.42 Å². The Morgan fingerprint density at radius 3 is 3.15 bits per heavy atom. The highest BCUT2D eigenvalue weighted by Crippen LogP contribution is 2.35. The molecule has 2 heterocycles. The summed E-state index contributed by atoms with van der Waals surface area (Å²) in [6.07, 6.45) is 1.01. The number of aromatic nitrogens is 2. The normalized spacial score (nSPS) is 14.2. The van der Waals surface area contributed by atoms with Gasteiger partial charge in [0.1, 0.15) is 5.82 Å². The van der Waals surface area contributed by atoms with E-state index in [2.05, 4.69) is 15.3 Å². The Kier molecular flexibility index (Phi) is 2.26. The number of nitrogens with zero attached hydrogens (tertiary/aromatic N) is 2. The van der Waals surface area contributed by atoms with Crippen LogP contribution in [-0.4, -0.2) is 22.3 Å². The van der Waals surface area contributed by atoms with Crippen molar-refractivity contribution in [2.45, 2.75) is 18.2 Å². The van der Waals surface area contributed by atoms with E-state index in [0.717, 1.165) is 30.2 Å². The predicted molar refractivity (Wildman–Crippen MR) is 55.0 cm³/mol. The van der Waals surface area contributed by atoms with Gasteiger partial charge in [0.2, 0.25) is 5.95 Å². The molecule has 1 aromatic heterocycles. The van der Waals surface area contributed by atoms with Gasteiger partial charge >= 0.3 is 0 Å². The molecule has 2 rings (SSSR count). The molecule has 0 fully saturated rings. The third-order valence-corrected chi connectivity index (χ3v) is 3.01. The number of hydrogen-bond donors (Lipinski definition) is 2. The summed E-state index contributed by atoms with van der Waals surface area (Å²) in [6, 6.07) is 0. The van der Waals surface area contributed by atoms with Crippen LogP contribution in [0.4, 0.5) is 11.8 Å². The monoisotopic (exact) mass is 196 g/mol. The van der Waals surface area contributed by atoms with Gasteiger partial charge in [-0.2, -0.15) is 4.98 Å². The first-order valence-corrected chi connectivity index (χ1v) is 5.33. The fourth-order valence-corrected chi connectivity index (χ4v) is 2.44. The zero-order valence-corrected chi connectivity index (χ0v) is 8.32. The van der Waals surface area contributed by atoms with Gasteiger partial charge in [-0.25, -0.2) is 4.98 Å².